The number of hydrogen-bond donors (Lipinski definition) is 1. The maximum Gasteiger partial charge on any atom is 0.271 e. The number of nitrogens with one attached hydrogen (secondary N) is 1. The molecule has 5 rings (SSSR count). The molecule has 1 N–H and O–H groups in total. The zero-order valence-corrected chi connectivity index (χ0v) is 13.5. The van der Waals surface area contributed by atoms with Crippen LogP contribution < -0.4 is 5.43 Å². The topological polar surface area (TPSA) is 66.5 Å². The van der Waals surface area contributed by atoms with E-state index in [0.29, 0.717) is 0 Å². The van der Waals surface area contributed by atoms with Gasteiger partial charge in [-0.3, -0.25) is 19.8 Å². The Morgan fingerprint density at radius 1 is 1.08 bits per heavy atom. The normalized spacial score (nSPS) is 34.1. The number of allylic oxidation sites excluding steroid dienone is 2. The first-order valence-corrected chi connectivity index (χ1v) is 8.54. The van der Waals surface area contributed by atoms with Gasteiger partial charge in [-0.05, 0) is 42.2 Å². The number of halogens is 1. The standard InChI is InChI=1S/C18H15ClN2O3/c19-12-4-2-1-3-9(12)15(22)20-21-16(23)13-10-5-6-11(14(13)17(21)24)18(10)7-8-18/h1-6,10-11,13-14H,7-8H2,(H,20,22)/t10-,11-,13-,14-/m0/s1. The minimum atomic E-state index is -0.538. The Hall–Kier alpha value is -2.14. The van der Waals surface area contributed by atoms with E-state index < -0.39 is 5.91 Å². The van der Waals surface area contributed by atoms with Crippen LogP contribution in [0.3, 0.4) is 0 Å². The van der Waals surface area contributed by atoms with Crippen molar-refractivity contribution in [3.05, 3.63) is 47.0 Å². The van der Waals surface area contributed by atoms with Crippen LogP contribution in [-0.2, 0) is 9.59 Å². The first-order chi connectivity index (χ1) is 11.5. The molecule has 1 heterocycles. The first kappa shape index (κ1) is 14.2. The van der Waals surface area contributed by atoms with Gasteiger partial charge in [-0.2, -0.15) is 5.01 Å². The number of hydrazine groups is 1. The van der Waals surface area contributed by atoms with Gasteiger partial charge in [0.25, 0.3) is 17.7 Å². The summed E-state index contributed by atoms with van der Waals surface area (Å²) in [5, 5.41) is 1.21. The zero-order chi connectivity index (χ0) is 16.6. The van der Waals surface area contributed by atoms with Gasteiger partial charge in [0.1, 0.15) is 0 Å². The van der Waals surface area contributed by atoms with Gasteiger partial charge in [-0.25, -0.2) is 0 Å². The summed E-state index contributed by atoms with van der Waals surface area (Å²) in [6.07, 6.45) is 6.39. The van der Waals surface area contributed by atoms with E-state index in [4.69, 9.17) is 11.6 Å². The van der Waals surface area contributed by atoms with Crippen molar-refractivity contribution in [1.29, 1.82) is 0 Å². The van der Waals surface area contributed by atoms with Crippen LogP contribution in [0.5, 0.6) is 0 Å². The van der Waals surface area contributed by atoms with Crippen molar-refractivity contribution < 1.29 is 14.4 Å². The van der Waals surface area contributed by atoms with E-state index in [1.54, 1.807) is 24.3 Å². The van der Waals surface area contributed by atoms with Crippen molar-refractivity contribution in [3.63, 3.8) is 0 Å². The predicted molar refractivity (Wildman–Crippen MR) is 85.5 cm³/mol. The maximum atomic E-state index is 12.8. The third-order valence-electron chi connectivity index (χ3n) is 6.18. The lowest BCUT2D eigenvalue weighted by molar-refractivity contribution is -0.144. The summed E-state index contributed by atoms with van der Waals surface area (Å²) in [4.78, 5) is 37.9. The van der Waals surface area contributed by atoms with Crippen molar-refractivity contribution in [1.82, 2.24) is 10.4 Å². The van der Waals surface area contributed by atoms with Crippen LogP contribution in [0.15, 0.2) is 36.4 Å². The highest BCUT2D eigenvalue weighted by Gasteiger charge is 2.73. The number of benzene rings is 1. The Labute approximate surface area is 143 Å². The number of rotatable bonds is 2. The Bertz CT molecular complexity index is 795. The molecule has 1 aromatic rings. The molecule has 1 aliphatic heterocycles. The Balaban J connectivity index is 1.42. The average molecular weight is 343 g/mol. The van der Waals surface area contributed by atoms with Crippen LogP contribution in [0.25, 0.3) is 0 Å². The number of hydrogen-bond acceptors (Lipinski definition) is 3. The second-order valence-electron chi connectivity index (χ2n) is 7.15. The van der Waals surface area contributed by atoms with Gasteiger partial charge in [0.2, 0.25) is 0 Å². The molecule has 5 nitrogen and oxygen atoms in total. The highest BCUT2D eigenvalue weighted by Crippen LogP contribution is 2.73. The zero-order valence-electron chi connectivity index (χ0n) is 12.7. The van der Waals surface area contributed by atoms with Crippen LogP contribution >= 0.6 is 11.6 Å². The number of fused-ring (bicyclic) bond motifs is 3. The van der Waals surface area contributed by atoms with Crippen LogP contribution in [0.2, 0.25) is 5.02 Å². The molecular formula is C18H15ClN2O3. The molecule has 4 atom stereocenters. The van der Waals surface area contributed by atoms with Gasteiger partial charge >= 0.3 is 0 Å². The average Bonchev–Trinajstić information content (AvgIpc) is 3.18. The van der Waals surface area contributed by atoms with E-state index in [1.807, 2.05) is 0 Å². The van der Waals surface area contributed by atoms with Gasteiger partial charge in [-0.1, -0.05) is 35.9 Å². The quantitative estimate of drug-likeness (QED) is 0.661. The van der Waals surface area contributed by atoms with Gasteiger partial charge in [-0.15, -0.1) is 0 Å². The smallest absolute Gasteiger partial charge is 0.271 e. The number of imide groups is 1. The summed E-state index contributed by atoms with van der Waals surface area (Å²) < 4.78 is 0. The van der Waals surface area contributed by atoms with Gasteiger partial charge in [0.05, 0.1) is 22.4 Å². The molecule has 1 saturated heterocycles. The maximum absolute atomic E-state index is 12.8. The van der Waals surface area contributed by atoms with Crippen LogP contribution in [-0.4, -0.2) is 22.7 Å². The van der Waals surface area contributed by atoms with Gasteiger partial charge in [0.15, 0.2) is 0 Å². The van der Waals surface area contributed by atoms with Crippen LogP contribution in [0.1, 0.15) is 23.2 Å². The second kappa shape index (κ2) is 4.48. The molecule has 3 amide bonds. The Kier molecular flexibility index (Phi) is 2.65. The first-order valence-electron chi connectivity index (χ1n) is 8.16. The number of amides is 3. The molecule has 0 aromatic heterocycles. The number of carbonyl (C=O) groups excluding carboxylic acids is 3. The second-order valence-corrected chi connectivity index (χ2v) is 7.56. The van der Waals surface area contributed by atoms with E-state index >= 15 is 0 Å². The number of nitrogens with zero attached hydrogens (tertiary/aromatic N) is 1. The van der Waals surface area contributed by atoms with Crippen molar-refractivity contribution in [3.8, 4) is 0 Å². The fourth-order valence-corrected chi connectivity index (χ4v) is 5.22. The third kappa shape index (κ3) is 1.58. The summed E-state index contributed by atoms with van der Waals surface area (Å²) in [7, 11) is 0. The fourth-order valence-electron chi connectivity index (χ4n) is 5.00. The molecule has 122 valence electrons. The summed E-state index contributed by atoms with van der Waals surface area (Å²) in [5.74, 6) is -1.45. The van der Waals surface area contributed by atoms with E-state index in [9.17, 15) is 14.4 Å². The lowest BCUT2D eigenvalue weighted by atomic mass is 9.85. The number of carbonyl (C=O) groups is 3. The summed E-state index contributed by atoms with van der Waals surface area (Å²) in [6.45, 7) is 0. The lowest BCUT2D eigenvalue weighted by Gasteiger charge is -2.22. The van der Waals surface area contributed by atoms with Crippen molar-refractivity contribution in [2.45, 2.75) is 12.8 Å². The van der Waals surface area contributed by atoms with Crippen molar-refractivity contribution in [2.75, 3.05) is 0 Å². The highest BCUT2D eigenvalue weighted by molar-refractivity contribution is 6.33. The predicted octanol–water partition coefficient (Wildman–Crippen LogP) is 2.18. The molecule has 1 aromatic carbocycles. The van der Waals surface area contributed by atoms with E-state index in [0.717, 1.165) is 17.9 Å². The summed E-state index contributed by atoms with van der Waals surface area (Å²) in [6, 6.07) is 6.56. The third-order valence-corrected chi connectivity index (χ3v) is 6.51. The lowest BCUT2D eigenvalue weighted by Crippen LogP contribution is -2.48. The molecule has 3 aliphatic carbocycles. The monoisotopic (exact) mass is 342 g/mol. The molecular weight excluding hydrogens is 328 g/mol. The summed E-state index contributed by atoms with van der Waals surface area (Å²) in [5.41, 5.74) is 2.86. The van der Waals surface area contributed by atoms with Gasteiger partial charge in [0, 0.05) is 0 Å². The Morgan fingerprint density at radius 2 is 1.67 bits per heavy atom. The minimum Gasteiger partial charge on any atom is -0.272 e. The van der Waals surface area contributed by atoms with Crippen LogP contribution in [0, 0.1) is 29.1 Å². The molecule has 24 heavy (non-hydrogen) atoms. The molecule has 6 heteroatoms. The largest absolute Gasteiger partial charge is 0.272 e. The van der Waals surface area contributed by atoms with Gasteiger partial charge < -0.3 is 0 Å². The minimum absolute atomic E-state index is 0.145. The molecule has 2 bridgehead atoms. The van der Waals surface area contributed by atoms with Crippen molar-refractivity contribution in [2.24, 2.45) is 29.1 Å². The molecule has 0 radical (unpaired) electrons. The Morgan fingerprint density at radius 3 is 2.21 bits per heavy atom. The molecule has 3 fully saturated rings. The van der Waals surface area contributed by atoms with E-state index in [1.165, 1.54) is 0 Å². The van der Waals surface area contributed by atoms with Crippen molar-refractivity contribution >= 4 is 29.3 Å². The molecule has 2 saturated carbocycles. The fraction of sp³-hybridized carbons (Fsp3) is 0.389. The van der Waals surface area contributed by atoms with E-state index in [2.05, 4.69) is 17.6 Å². The molecule has 0 unspecified atom stereocenters. The SMILES string of the molecule is O=C(NN1C(=O)[C@@H]2[C@@H](C1=O)[C@@H]1C=C[C@@H]2C12CC2)c1ccccc1Cl. The van der Waals surface area contributed by atoms with Crippen LogP contribution in [0.4, 0.5) is 0 Å². The highest BCUT2D eigenvalue weighted by atomic mass is 35.5. The van der Waals surface area contributed by atoms with E-state index in [-0.39, 0.29) is 51.5 Å². The molecule has 1 spiro atoms. The molecule has 4 aliphatic rings. The summed E-state index contributed by atoms with van der Waals surface area (Å²) >= 11 is 6.02.